The summed E-state index contributed by atoms with van der Waals surface area (Å²) in [4.78, 5) is 28.7. The van der Waals surface area contributed by atoms with Gasteiger partial charge in [-0.1, -0.05) is 36.4 Å². The van der Waals surface area contributed by atoms with Crippen LogP contribution < -0.4 is 10.9 Å². The maximum Gasteiger partial charge on any atom is 0.269 e. The minimum atomic E-state index is -0.268. The third-order valence-electron chi connectivity index (χ3n) is 4.52. The van der Waals surface area contributed by atoms with E-state index in [4.69, 9.17) is 0 Å². The number of carbonyl (C=O) groups is 1. The van der Waals surface area contributed by atoms with Crippen LogP contribution in [0.5, 0.6) is 0 Å². The Labute approximate surface area is 139 Å². The molecule has 0 fully saturated rings. The van der Waals surface area contributed by atoms with E-state index in [0.29, 0.717) is 11.0 Å². The fourth-order valence-electron chi connectivity index (χ4n) is 3.37. The number of benzene rings is 2. The van der Waals surface area contributed by atoms with Crippen molar-refractivity contribution in [3.8, 4) is 0 Å². The van der Waals surface area contributed by atoms with Crippen LogP contribution in [0.25, 0.3) is 11.0 Å². The summed E-state index contributed by atoms with van der Waals surface area (Å²) in [5.74, 6) is -0.157. The zero-order chi connectivity index (χ0) is 16.5. The highest BCUT2D eigenvalue weighted by Crippen LogP contribution is 2.30. The van der Waals surface area contributed by atoms with Crippen molar-refractivity contribution in [2.75, 3.05) is 0 Å². The Bertz CT molecular complexity index is 978. The number of amides is 1. The largest absolute Gasteiger partial charge is 0.348 e. The lowest BCUT2D eigenvalue weighted by Gasteiger charge is -2.15. The van der Waals surface area contributed by atoms with Gasteiger partial charge in [-0.2, -0.15) is 0 Å². The number of hydrogen-bond acceptors (Lipinski definition) is 3. The molecule has 0 spiro atoms. The van der Waals surface area contributed by atoms with Crippen molar-refractivity contribution in [1.29, 1.82) is 0 Å². The summed E-state index contributed by atoms with van der Waals surface area (Å²) < 4.78 is 1.47. The third kappa shape index (κ3) is 2.58. The van der Waals surface area contributed by atoms with Crippen molar-refractivity contribution in [2.45, 2.75) is 25.4 Å². The lowest BCUT2D eigenvalue weighted by atomic mass is 10.1. The number of aryl methyl sites for hydroxylation is 1. The highest BCUT2D eigenvalue weighted by atomic mass is 16.2. The van der Waals surface area contributed by atoms with Gasteiger partial charge in [0.2, 0.25) is 5.91 Å². The Morgan fingerprint density at radius 1 is 1.17 bits per heavy atom. The van der Waals surface area contributed by atoms with Crippen LogP contribution in [0.4, 0.5) is 0 Å². The van der Waals surface area contributed by atoms with Crippen LogP contribution in [-0.4, -0.2) is 15.5 Å². The van der Waals surface area contributed by atoms with Crippen LogP contribution in [0.15, 0.2) is 59.5 Å². The molecule has 3 aromatic rings. The fraction of sp³-hybridized carbons (Fsp3) is 0.211. The summed E-state index contributed by atoms with van der Waals surface area (Å²) in [5.41, 5.74) is 3.57. The molecular formula is C19H17N3O2. The number of hydrogen-bond donors (Lipinski definition) is 1. The van der Waals surface area contributed by atoms with E-state index < -0.39 is 0 Å². The number of nitrogens with zero attached hydrogens (tertiary/aromatic N) is 2. The van der Waals surface area contributed by atoms with Gasteiger partial charge in [0.1, 0.15) is 6.54 Å². The van der Waals surface area contributed by atoms with Crippen molar-refractivity contribution in [1.82, 2.24) is 14.9 Å². The number of nitrogens with one attached hydrogen (secondary N) is 1. The molecule has 1 atom stereocenters. The molecule has 1 aliphatic rings. The number of para-hydroxylation sites is 2. The van der Waals surface area contributed by atoms with Crippen LogP contribution >= 0.6 is 0 Å². The molecule has 1 N–H and O–H groups in total. The standard InChI is InChI=1S/C19H17N3O2/c23-18(21-15-10-9-13-5-1-2-6-14(13)15)12-22-17-8-4-3-7-16(17)20-11-19(22)24/h1-8,11,15H,9-10,12H2,(H,21,23)/t15-/m1/s1. The number of carbonyl (C=O) groups excluding carboxylic acids is 1. The van der Waals surface area contributed by atoms with Gasteiger partial charge < -0.3 is 5.32 Å². The van der Waals surface area contributed by atoms with Gasteiger partial charge in [-0.3, -0.25) is 14.2 Å². The number of aromatic nitrogens is 2. The zero-order valence-electron chi connectivity index (χ0n) is 13.1. The monoisotopic (exact) mass is 319 g/mol. The molecule has 0 unspecified atom stereocenters. The molecule has 120 valence electrons. The summed E-state index contributed by atoms with van der Waals surface area (Å²) in [5, 5.41) is 3.06. The molecule has 1 amide bonds. The smallest absolute Gasteiger partial charge is 0.269 e. The average Bonchev–Trinajstić information content (AvgIpc) is 3.01. The van der Waals surface area contributed by atoms with Crippen LogP contribution in [0.3, 0.4) is 0 Å². The first kappa shape index (κ1) is 14.6. The second kappa shape index (κ2) is 5.92. The van der Waals surface area contributed by atoms with E-state index in [1.165, 1.54) is 21.9 Å². The molecule has 5 heteroatoms. The van der Waals surface area contributed by atoms with Gasteiger partial charge >= 0.3 is 0 Å². The minimum absolute atomic E-state index is 0.000529. The SMILES string of the molecule is O=C(Cn1c(=O)cnc2ccccc21)N[C@@H]1CCc2ccccc21. The van der Waals surface area contributed by atoms with Crippen LogP contribution in [-0.2, 0) is 17.8 Å². The zero-order valence-corrected chi connectivity index (χ0v) is 13.1. The molecule has 5 nitrogen and oxygen atoms in total. The van der Waals surface area contributed by atoms with Gasteiger partial charge in [0, 0.05) is 0 Å². The summed E-state index contributed by atoms with van der Waals surface area (Å²) in [6, 6.07) is 15.5. The lowest BCUT2D eigenvalue weighted by Crippen LogP contribution is -2.34. The first-order valence-electron chi connectivity index (χ1n) is 8.04. The minimum Gasteiger partial charge on any atom is -0.348 e. The molecular weight excluding hydrogens is 302 g/mol. The maximum absolute atomic E-state index is 12.5. The van der Waals surface area contributed by atoms with Gasteiger partial charge in [-0.25, -0.2) is 4.98 Å². The van der Waals surface area contributed by atoms with Crippen molar-refractivity contribution in [2.24, 2.45) is 0 Å². The van der Waals surface area contributed by atoms with Crippen molar-refractivity contribution < 1.29 is 4.79 Å². The van der Waals surface area contributed by atoms with Gasteiger partial charge in [0.25, 0.3) is 5.56 Å². The molecule has 0 bridgehead atoms. The van der Waals surface area contributed by atoms with E-state index in [1.54, 1.807) is 0 Å². The molecule has 1 heterocycles. The number of fused-ring (bicyclic) bond motifs is 2. The predicted octanol–water partition coefficient (Wildman–Crippen LogP) is 2.20. The molecule has 0 aliphatic heterocycles. The molecule has 4 rings (SSSR count). The Hall–Kier alpha value is -2.95. The van der Waals surface area contributed by atoms with Gasteiger partial charge in [-0.05, 0) is 36.1 Å². The average molecular weight is 319 g/mol. The van der Waals surface area contributed by atoms with Crippen LogP contribution in [0.2, 0.25) is 0 Å². The van der Waals surface area contributed by atoms with Crippen LogP contribution in [0.1, 0.15) is 23.6 Å². The molecule has 0 saturated heterocycles. The highest BCUT2D eigenvalue weighted by Gasteiger charge is 2.23. The summed E-state index contributed by atoms with van der Waals surface area (Å²) >= 11 is 0. The van der Waals surface area contributed by atoms with Crippen molar-refractivity contribution >= 4 is 16.9 Å². The van der Waals surface area contributed by atoms with E-state index in [2.05, 4.69) is 22.4 Å². The normalized spacial score (nSPS) is 16.1. The Balaban J connectivity index is 1.58. The van der Waals surface area contributed by atoms with E-state index in [9.17, 15) is 9.59 Å². The summed E-state index contributed by atoms with van der Waals surface area (Å²) in [6.07, 6.45) is 3.14. The van der Waals surface area contributed by atoms with Gasteiger partial charge in [0.15, 0.2) is 0 Å². The van der Waals surface area contributed by atoms with E-state index in [0.717, 1.165) is 12.8 Å². The molecule has 0 saturated carbocycles. The Morgan fingerprint density at radius 3 is 2.88 bits per heavy atom. The Kier molecular flexibility index (Phi) is 3.61. The molecule has 1 aromatic heterocycles. The quantitative estimate of drug-likeness (QED) is 0.805. The first-order valence-corrected chi connectivity index (χ1v) is 8.04. The molecule has 0 radical (unpaired) electrons. The van der Waals surface area contributed by atoms with Gasteiger partial charge in [0.05, 0.1) is 23.3 Å². The Morgan fingerprint density at radius 2 is 1.96 bits per heavy atom. The van der Waals surface area contributed by atoms with Crippen LogP contribution in [0, 0.1) is 0 Å². The maximum atomic E-state index is 12.5. The fourth-order valence-corrected chi connectivity index (χ4v) is 3.37. The van der Waals surface area contributed by atoms with E-state index in [1.807, 2.05) is 36.4 Å². The molecule has 24 heavy (non-hydrogen) atoms. The summed E-state index contributed by atoms with van der Waals surface area (Å²) in [6.45, 7) is 0.000529. The summed E-state index contributed by atoms with van der Waals surface area (Å²) in [7, 11) is 0. The molecule has 2 aromatic carbocycles. The third-order valence-corrected chi connectivity index (χ3v) is 4.52. The highest BCUT2D eigenvalue weighted by molar-refractivity contribution is 5.80. The molecule has 1 aliphatic carbocycles. The topological polar surface area (TPSA) is 64.0 Å². The number of rotatable bonds is 3. The van der Waals surface area contributed by atoms with Crippen molar-refractivity contribution in [3.05, 3.63) is 76.2 Å². The van der Waals surface area contributed by atoms with E-state index in [-0.39, 0.29) is 24.1 Å². The van der Waals surface area contributed by atoms with Crippen molar-refractivity contribution in [3.63, 3.8) is 0 Å². The first-order chi connectivity index (χ1) is 11.7. The van der Waals surface area contributed by atoms with Gasteiger partial charge in [-0.15, -0.1) is 0 Å². The second-order valence-electron chi connectivity index (χ2n) is 6.03. The van der Waals surface area contributed by atoms with E-state index >= 15 is 0 Å². The second-order valence-corrected chi connectivity index (χ2v) is 6.03. The lowest BCUT2D eigenvalue weighted by molar-refractivity contribution is -0.122. The predicted molar refractivity (Wildman–Crippen MR) is 91.6 cm³/mol.